The predicted octanol–water partition coefficient (Wildman–Crippen LogP) is 2.32. The van der Waals surface area contributed by atoms with Gasteiger partial charge < -0.3 is 5.11 Å². The van der Waals surface area contributed by atoms with E-state index in [0.29, 0.717) is 12.3 Å². The van der Waals surface area contributed by atoms with Gasteiger partial charge >= 0.3 is 0 Å². The van der Waals surface area contributed by atoms with Crippen molar-refractivity contribution in [1.29, 1.82) is 0 Å². The Morgan fingerprint density at radius 1 is 1.20 bits per heavy atom. The third-order valence-electron chi connectivity index (χ3n) is 3.03. The number of hydrogen-bond donors (Lipinski definition) is 2. The Bertz CT molecular complexity index is 519. The van der Waals surface area contributed by atoms with Gasteiger partial charge in [0.15, 0.2) is 0 Å². The molecule has 0 spiro atoms. The van der Waals surface area contributed by atoms with Gasteiger partial charge in [0, 0.05) is 12.1 Å². The van der Waals surface area contributed by atoms with Crippen molar-refractivity contribution in [3.63, 3.8) is 0 Å². The molecule has 0 saturated heterocycles. The summed E-state index contributed by atoms with van der Waals surface area (Å²) in [5.41, 5.74) is 0.470. The Kier molecular flexibility index (Phi) is 5.74. The average molecular weight is 299 g/mol. The molecule has 1 aromatic carbocycles. The van der Waals surface area contributed by atoms with Gasteiger partial charge in [-0.25, -0.2) is 13.1 Å². The molecule has 2 N–H and O–H groups in total. The maximum absolute atomic E-state index is 12.3. The number of sulfonamides is 1. The van der Waals surface area contributed by atoms with Crippen molar-refractivity contribution in [1.82, 2.24) is 4.72 Å². The van der Waals surface area contributed by atoms with E-state index in [4.69, 9.17) is 5.11 Å². The molecule has 20 heavy (non-hydrogen) atoms. The Labute approximate surface area is 122 Å². The zero-order valence-electron chi connectivity index (χ0n) is 12.7. The lowest BCUT2D eigenvalue weighted by atomic mass is 10.0. The first kappa shape index (κ1) is 17.1. The highest BCUT2D eigenvalue weighted by Crippen LogP contribution is 2.17. The van der Waals surface area contributed by atoms with Crippen LogP contribution in [-0.4, -0.2) is 25.7 Å². The first-order chi connectivity index (χ1) is 9.16. The van der Waals surface area contributed by atoms with Crippen molar-refractivity contribution >= 4 is 10.0 Å². The second-order valence-electron chi connectivity index (χ2n) is 6.20. The molecule has 0 aliphatic heterocycles. The standard InChI is InChI=1S/C15H25NO3S/c1-12(2)11-13-5-7-14(8-6-13)20(18,19)16-15(3,4)9-10-17/h5-8,12,16-17H,9-11H2,1-4H3. The topological polar surface area (TPSA) is 66.4 Å². The van der Waals surface area contributed by atoms with E-state index in [0.717, 1.165) is 12.0 Å². The van der Waals surface area contributed by atoms with Crippen molar-refractivity contribution in [3.05, 3.63) is 29.8 Å². The molecule has 1 rings (SSSR count). The molecule has 0 aliphatic carbocycles. The molecular weight excluding hydrogens is 274 g/mol. The van der Waals surface area contributed by atoms with Crippen LogP contribution in [0, 0.1) is 5.92 Å². The smallest absolute Gasteiger partial charge is 0.241 e. The predicted molar refractivity (Wildman–Crippen MR) is 81.1 cm³/mol. The maximum Gasteiger partial charge on any atom is 0.241 e. The van der Waals surface area contributed by atoms with Crippen molar-refractivity contribution in [2.75, 3.05) is 6.61 Å². The minimum absolute atomic E-state index is 0.0527. The van der Waals surface area contributed by atoms with E-state index in [2.05, 4.69) is 18.6 Å². The van der Waals surface area contributed by atoms with Gasteiger partial charge in [-0.15, -0.1) is 0 Å². The maximum atomic E-state index is 12.3. The molecule has 0 bridgehead atoms. The lowest BCUT2D eigenvalue weighted by Gasteiger charge is -2.25. The molecule has 0 aromatic heterocycles. The summed E-state index contributed by atoms with van der Waals surface area (Å²) in [6.45, 7) is 7.72. The molecular formula is C15H25NO3S. The lowest BCUT2D eigenvalue weighted by Crippen LogP contribution is -2.43. The summed E-state index contributed by atoms with van der Waals surface area (Å²) in [6, 6.07) is 6.98. The van der Waals surface area contributed by atoms with Crippen LogP contribution in [0.15, 0.2) is 29.2 Å². The monoisotopic (exact) mass is 299 g/mol. The lowest BCUT2D eigenvalue weighted by molar-refractivity contribution is 0.246. The van der Waals surface area contributed by atoms with E-state index in [-0.39, 0.29) is 11.5 Å². The van der Waals surface area contributed by atoms with Crippen LogP contribution in [0.1, 0.15) is 39.7 Å². The van der Waals surface area contributed by atoms with Crippen LogP contribution in [0.2, 0.25) is 0 Å². The van der Waals surface area contributed by atoms with Crippen LogP contribution < -0.4 is 4.72 Å². The molecule has 0 amide bonds. The van der Waals surface area contributed by atoms with Crippen LogP contribution in [0.3, 0.4) is 0 Å². The Morgan fingerprint density at radius 3 is 2.20 bits per heavy atom. The van der Waals surface area contributed by atoms with Crippen LogP contribution in [0.4, 0.5) is 0 Å². The fourth-order valence-corrected chi connectivity index (χ4v) is 3.47. The highest BCUT2D eigenvalue weighted by Gasteiger charge is 2.25. The zero-order chi connectivity index (χ0) is 15.4. The third kappa shape index (κ3) is 5.23. The van der Waals surface area contributed by atoms with E-state index in [1.54, 1.807) is 26.0 Å². The number of aliphatic hydroxyl groups excluding tert-OH is 1. The van der Waals surface area contributed by atoms with Crippen molar-refractivity contribution in [2.45, 2.75) is 51.0 Å². The highest BCUT2D eigenvalue weighted by molar-refractivity contribution is 7.89. The first-order valence-electron chi connectivity index (χ1n) is 6.90. The molecule has 5 heteroatoms. The summed E-state index contributed by atoms with van der Waals surface area (Å²) in [5.74, 6) is 0.541. The summed E-state index contributed by atoms with van der Waals surface area (Å²) in [7, 11) is -3.55. The minimum atomic E-state index is -3.55. The SMILES string of the molecule is CC(C)Cc1ccc(S(=O)(=O)NC(C)(C)CCO)cc1. The molecule has 0 unspecified atom stereocenters. The first-order valence-corrected chi connectivity index (χ1v) is 8.38. The van der Waals surface area contributed by atoms with Crippen molar-refractivity contribution < 1.29 is 13.5 Å². The minimum Gasteiger partial charge on any atom is -0.396 e. The fraction of sp³-hybridized carbons (Fsp3) is 0.600. The Balaban J connectivity index is 2.88. The van der Waals surface area contributed by atoms with Gasteiger partial charge in [-0.1, -0.05) is 26.0 Å². The van der Waals surface area contributed by atoms with Gasteiger partial charge in [0.25, 0.3) is 0 Å². The van der Waals surface area contributed by atoms with E-state index in [1.165, 1.54) is 0 Å². The Hall–Kier alpha value is -0.910. The van der Waals surface area contributed by atoms with Crippen LogP contribution in [-0.2, 0) is 16.4 Å². The van der Waals surface area contributed by atoms with Gasteiger partial charge in [0.1, 0.15) is 0 Å². The molecule has 0 aliphatic rings. The quantitative estimate of drug-likeness (QED) is 0.812. The summed E-state index contributed by atoms with van der Waals surface area (Å²) in [5, 5.41) is 8.95. The van der Waals surface area contributed by atoms with Gasteiger partial charge in [-0.2, -0.15) is 0 Å². The van der Waals surface area contributed by atoms with Crippen molar-refractivity contribution in [2.24, 2.45) is 5.92 Å². The van der Waals surface area contributed by atoms with E-state index < -0.39 is 15.6 Å². The normalized spacial score (nSPS) is 12.9. The molecule has 0 saturated carbocycles. The summed E-state index contributed by atoms with van der Waals surface area (Å²) < 4.78 is 27.1. The van der Waals surface area contributed by atoms with E-state index >= 15 is 0 Å². The van der Waals surface area contributed by atoms with Crippen LogP contribution >= 0.6 is 0 Å². The number of aliphatic hydroxyl groups is 1. The number of nitrogens with one attached hydrogen (secondary N) is 1. The fourth-order valence-electron chi connectivity index (χ4n) is 2.03. The largest absolute Gasteiger partial charge is 0.396 e. The van der Waals surface area contributed by atoms with Gasteiger partial charge in [-0.05, 0) is 50.3 Å². The summed E-state index contributed by atoms with van der Waals surface area (Å²) in [6.07, 6.45) is 1.31. The molecule has 0 fully saturated rings. The molecule has 0 radical (unpaired) electrons. The summed E-state index contributed by atoms with van der Waals surface area (Å²) >= 11 is 0. The zero-order valence-corrected chi connectivity index (χ0v) is 13.5. The van der Waals surface area contributed by atoms with Crippen molar-refractivity contribution in [3.8, 4) is 0 Å². The molecule has 4 nitrogen and oxygen atoms in total. The molecule has 0 heterocycles. The number of benzene rings is 1. The average Bonchev–Trinajstić information content (AvgIpc) is 2.27. The Morgan fingerprint density at radius 2 is 1.75 bits per heavy atom. The molecule has 0 atom stereocenters. The van der Waals surface area contributed by atoms with Gasteiger partial charge in [0.05, 0.1) is 4.90 Å². The van der Waals surface area contributed by atoms with Crippen LogP contribution in [0.5, 0.6) is 0 Å². The highest BCUT2D eigenvalue weighted by atomic mass is 32.2. The summed E-state index contributed by atoms with van der Waals surface area (Å²) in [4.78, 5) is 0.260. The second-order valence-corrected chi connectivity index (χ2v) is 7.89. The van der Waals surface area contributed by atoms with Gasteiger partial charge in [-0.3, -0.25) is 0 Å². The number of hydrogen-bond acceptors (Lipinski definition) is 3. The van der Waals surface area contributed by atoms with Gasteiger partial charge in [0.2, 0.25) is 10.0 Å². The van der Waals surface area contributed by atoms with E-state index in [1.807, 2.05) is 12.1 Å². The van der Waals surface area contributed by atoms with E-state index in [9.17, 15) is 8.42 Å². The number of rotatable bonds is 7. The van der Waals surface area contributed by atoms with Crippen LogP contribution in [0.25, 0.3) is 0 Å². The molecule has 114 valence electrons. The third-order valence-corrected chi connectivity index (χ3v) is 4.74. The second kappa shape index (κ2) is 6.70. The molecule has 1 aromatic rings.